The Hall–Kier alpha value is -2.09. The second kappa shape index (κ2) is 5.49. The van der Waals surface area contributed by atoms with E-state index in [0.717, 1.165) is 0 Å². The number of carbonyl (C=O) groups is 1. The summed E-state index contributed by atoms with van der Waals surface area (Å²) in [5.41, 5.74) is 2.57. The summed E-state index contributed by atoms with van der Waals surface area (Å²) in [5, 5.41) is 3.05. The summed E-state index contributed by atoms with van der Waals surface area (Å²) in [6.45, 7) is 2.11. The molecule has 1 aliphatic heterocycles. The van der Waals surface area contributed by atoms with Gasteiger partial charge in [0, 0.05) is 18.4 Å². The Bertz CT molecular complexity index is 539. The molecule has 1 amide bonds. The lowest BCUT2D eigenvalue weighted by atomic mass is 9.77. The molecule has 0 saturated carbocycles. The maximum atomic E-state index is 11.7. The van der Waals surface area contributed by atoms with Gasteiger partial charge in [0.2, 0.25) is 5.91 Å². The van der Waals surface area contributed by atoms with Gasteiger partial charge < -0.3 is 5.32 Å². The van der Waals surface area contributed by atoms with Crippen LogP contribution in [0.4, 0.5) is 0 Å². The van der Waals surface area contributed by atoms with Gasteiger partial charge >= 0.3 is 0 Å². The highest BCUT2D eigenvalue weighted by Crippen LogP contribution is 2.38. The summed E-state index contributed by atoms with van der Waals surface area (Å²) >= 11 is 0. The Morgan fingerprint density at radius 2 is 1.45 bits per heavy atom. The molecular weight excluding hydrogens is 246 g/mol. The molecule has 0 aliphatic carbocycles. The van der Waals surface area contributed by atoms with Crippen LogP contribution in [0.5, 0.6) is 0 Å². The molecule has 0 spiro atoms. The molecule has 3 rings (SSSR count). The molecule has 2 aromatic rings. The van der Waals surface area contributed by atoms with E-state index in [-0.39, 0.29) is 17.9 Å². The zero-order valence-electron chi connectivity index (χ0n) is 11.6. The summed E-state index contributed by atoms with van der Waals surface area (Å²) in [6, 6.07) is 21.2. The Morgan fingerprint density at radius 1 is 0.950 bits per heavy atom. The second-order valence-corrected chi connectivity index (χ2v) is 5.52. The summed E-state index contributed by atoms with van der Waals surface area (Å²) in [7, 11) is 0. The molecule has 20 heavy (non-hydrogen) atoms. The third kappa shape index (κ3) is 2.46. The number of carbonyl (C=O) groups excluding carboxylic acids is 1. The average Bonchev–Trinajstić information content (AvgIpc) is 2.80. The lowest BCUT2D eigenvalue weighted by molar-refractivity contribution is -0.119. The third-order valence-corrected chi connectivity index (χ3v) is 4.20. The lowest BCUT2D eigenvalue weighted by Crippen LogP contribution is -2.28. The van der Waals surface area contributed by atoms with Crippen molar-refractivity contribution in [1.29, 1.82) is 0 Å². The monoisotopic (exact) mass is 265 g/mol. The molecule has 1 heterocycles. The first-order valence-corrected chi connectivity index (χ1v) is 7.15. The molecule has 1 N–H and O–H groups in total. The van der Waals surface area contributed by atoms with Gasteiger partial charge in [-0.3, -0.25) is 4.79 Å². The number of nitrogens with one attached hydrogen (secondary N) is 1. The molecule has 1 fully saturated rings. The third-order valence-electron chi connectivity index (χ3n) is 4.20. The predicted molar refractivity (Wildman–Crippen MR) is 80.4 cm³/mol. The molecule has 102 valence electrons. The molecule has 1 saturated heterocycles. The molecule has 0 aromatic heterocycles. The van der Waals surface area contributed by atoms with Crippen molar-refractivity contribution in [2.24, 2.45) is 5.92 Å². The molecule has 1 aliphatic rings. The van der Waals surface area contributed by atoms with Crippen molar-refractivity contribution >= 4 is 5.91 Å². The van der Waals surface area contributed by atoms with Crippen LogP contribution in [0.25, 0.3) is 0 Å². The smallest absolute Gasteiger partial charge is 0.220 e. The summed E-state index contributed by atoms with van der Waals surface area (Å²) in [6.07, 6.45) is 0.607. The molecule has 0 radical (unpaired) electrons. The molecule has 2 nitrogen and oxygen atoms in total. The largest absolute Gasteiger partial charge is 0.353 e. The lowest BCUT2D eigenvalue weighted by Gasteiger charge is -2.27. The van der Waals surface area contributed by atoms with Crippen molar-refractivity contribution in [2.45, 2.75) is 25.3 Å². The number of hydrogen-bond acceptors (Lipinski definition) is 1. The Balaban J connectivity index is 2.03. The van der Waals surface area contributed by atoms with Gasteiger partial charge in [0.25, 0.3) is 0 Å². The highest BCUT2D eigenvalue weighted by Gasteiger charge is 2.36. The molecule has 2 heteroatoms. The van der Waals surface area contributed by atoms with Crippen molar-refractivity contribution < 1.29 is 4.79 Å². The SMILES string of the molecule is CC1NC(=O)CC1C(c1ccccc1)c1ccccc1. The summed E-state index contributed by atoms with van der Waals surface area (Å²) in [5.74, 6) is 0.748. The topological polar surface area (TPSA) is 29.1 Å². The van der Waals surface area contributed by atoms with Gasteiger partial charge in [-0.05, 0) is 24.0 Å². The Labute approximate surface area is 119 Å². The number of benzene rings is 2. The van der Waals surface area contributed by atoms with E-state index in [2.05, 4.69) is 60.8 Å². The fourth-order valence-corrected chi connectivity index (χ4v) is 3.22. The van der Waals surface area contributed by atoms with Gasteiger partial charge in [-0.15, -0.1) is 0 Å². The maximum Gasteiger partial charge on any atom is 0.220 e. The average molecular weight is 265 g/mol. The van der Waals surface area contributed by atoms with E-state index >= 15 is 0 Å². The molecule has 0 bridgehead atoms. The number of rotatable bonds is 3. The van der Waals surface area contributed by atoms with Crippen LogP contribution >= 0.6 is 0 Å². The van der Waals surface area contributed by atoms with Crippen molar-refractivity contribution in [3.8, 4) is 0 Å². The quantitative estimate of drug-likeness (QED) is 0.906. The highest BCUT2D eigenvalue weighted by molar-refractivity contribution is 5.79. The first kappa shape index (κ1) is 12.9. The van der Waals surface area contributed by atoms with E-state index < -0.39 is 0 Å². The minimum Gasteiger partial charge on any atom is -0.353 e. The number of amides is 1. The zero-order chi connectivity index (χ0) is 13.9. The molecular formula is C18H19NO. The van der Waals surface area contributed by atoms with E-state index in [9.17, 15) is 4.79 Å². The number of hydrogen-bond donors (Lipinski definition) is 1. The van der Waals surface area contributed by atoms with Crippen LogP contribution in [0.15, 0.2) is 60.7 Å². The van der Waals surface area contributed by atoms with Crippen molar-refractivity contribution in [1.82, 2.24) is 5.32 Å². The van der Waals surface area contributed by atoms with Gasteiger partial charge in [0.1, 0.15) is 0 Å². The van der Waals surface area contributed by atoms with Gasteiger partial charge in [-0.1, -0.05) is 60.7 Å². The van der Waals surface area contributed by atoms with Crippen LogP contribution in [0.3, 0.4) is 0 Å². The first-order chi connectivity index (χ1) is 9.75. The van der Waals surface area contributed by atoms with E-state index in [1.807, 2.05) is 12.1 Å². The van der Waals surface area contributed by atoms with Gasteiger partial charge in [0.15, 0.2) is 0 Å². The minimum atomic E-state index is 0.166. The van der Waals surface area contributed by atoms with Gasteiger partial charge in [0.05, 0.1) is 0 Å². The summed E-state index contributed by atoms with van der Waals surface area (Å²) in [4.78, 5) is 11.7. The van der Waals surface area contributed by atoms with Crippen molar-refractivity contribution in [3.05, 3.63) is 71.8 Å². The standard InChI is InChI=1S/C18H19NO/c1-13-16(12-17(20)19-13)18(14-8-4-2-5-9-14)15-10-6-3-7-11-15/h2-11,13,16,18H,12H2,1H3,(H,19,20). The predicted octanol–water partition coefficient (Wildman–Crippen LogP) is 3.34. The molecule has 2 atom stereocenters. The van der Waals surface area contributed by atoms with Crippen LogP contribution in [0, 0.1) is 5.92 Å². The van der Waals surface area contributed by atoms with Crippen LogP contribution in [-0.2, 0) is 4.79 Å². The Morgan fingerprint density at radius 3 is 1.85 bits per heavy atom. The minimum absolute atomic E-state index is 0.166. The molecule has 2 unspecified atom stereocenters. The van der Waals surface area contributed by atoms with Crippen LogP contribution in [-0.4, -0.2) is 11.9 Å². The second-order valence-electron chi connectivity index (χ2n) is 5.52. The van der Waals surface area contributed by atoms with Crippen LogP contribution in [0.2, 0.25) is 0 Å². The van der Waals surface area contributed by atoms with E-state index in [0.29, 0.717) is 12.3 Å². The van der Waals surface area contributed by atoms with Gasteiger partial charge in [-0.25, -0.2) is 0 Å². The van der Waals surface area contributed by atoms with Crippen molar-refractivity contribution in [3.63, 3.8) is 0 Å². The van der Waals surface area contributed by atoms with Crippen molar-refractivity contribution in [2.75, 3.05) is 0 Å². The van der Waals surface area contributed by atoms with Crippen LogP contribution in [0.1, 0.15) is 30.4 Å². The van der Waals surface area contributed by atoms with E-state index in [4.69, 9.17) is 0 Å². The fraction of sp³-hybridized carbons (Fsp3) is 0.278. The Kier molecular flexibility index (Phi) is 3.55. The maximum absolute atomic E-state index is 11.7. The van der Waals surface area contributed by atoms with Crippen LogP contribution < -0.4 is 5.32 Å². The molecule has 2 aromatic carbocycles. The zero-order valence-corrected chi connectivity index (χ0v) is 11.6. The van der Waals surface area contributed by atoms with E-state index in [1.165, 1.54) is 11.1 Å². The summed E-state index contributed by atoms with van der Waals surface area (Å²) < 4.78 is 0. The first-order valence-electron chi connectivity index (χ1n) is 7.15. The fourth-order valence-electron chi connectivity index (χ4n) is 3.22. The normalized spacial score (nSPS) is 22.0. The van der Waals surface area contributed by atoms with Gasteiger partial charge in [-0.2, -0.15) is 0 Å². The van der Waals surface area contributed by atoms with E-state index in [1.54, 1.807) is 0 Å². The highest BCUT2D eigenvalue weighted by atomic mass is 16.1.